The van der Waals surface area contributed by atoms with E-state index in [1.54, 1.807) is 6.20 Å². The van der Waals surface area contributed by atoms with Gasteiger partial charge in [0.15, 0.2) is 5.82 Å². The number of aromatic nitrogens is 4. The molecule has 2 atom stereocenters. The highest BCUT2D eigenvalue weighted by molar-refractivity contribution is 5.72. The second-order valence-electron chi connectivity index (χ2n) is 8.20. The number of hydrogen-bond acceptors (Lipinski definition) is 7. The Morgan fingerprint density at radius 3 is 2.75 bits per heavy atom. The van der Waals surface area contributed by atoms with Gasteiger partial charge >= 0.3 is 5.97 Å². The molecule has 2 unspecified atom stereocenters. The first-order valence-corrected chi connectivity index (χ1v) is 10.7. The van der Waals surface area contributed by atoms with Gasteiger partial charge in [0.2, 0.25) is 0 Å². The molecule has 9 heteroatoms. The molecule has 0 radical (unpaired) electrons. The summed E-state index contributed by atoms with van der Waals surface area (Å²) < 4.78 is 14.5. The van der Waals surface area contributed by atoms with Gasteiger partial charge in [-0.25, -0.2) is 19.3 Å². The topological polar surface area (TPSA) is 95.3 Å². The number of hydrogen-bond donors (Lipinski definition) is 1. The summed E-state index contributed by atoms with van der Waals surface area (Å²) in [6.07, 6.45) is 4.75. The van der Waals surface area contributed by atoms with Gasteiger partial charge in [-0.2, -0.15) is 0 Å². The number of carbonyl (C=O) groups is 1. The third-order valence-electron chi connectivity index (χ3n) is 6.22. The Labute approximate surface area is 184 Å². The van der Waals surface area contributed by atoms with Gasteiger partial charge in [0, 0.05) is 56.1 Å². The van der Waals surface area contributed by atoms with Gasteiger partial charge in [-0.15, -0.1) is 0 Å². The molecule has 164 valence electrons. The van der Waals surface area contributed by atoms with E-state index in [9.17, 15) is 14.3 Å². The number of rotatable bonds is 4. The molecule has 0 amide bonds. The Bertz CT molecular complexity index is 1160. The molecule has 1 N–H and O–H groups in total. The van der Waals surface area contributed by atoms with Crippen LogP contribution >= 0.6 is 0 Å². The van der Waals surface area contributed by atoms with E-state index in [-0.39, 0.29) is 11.9 Å². The smallest absolute Gasteiger partial charge is 0.308 e. The van der Waals surface area contributed by atoms with Crippen molar-refractivity contribution in [2.75, 3.05) is 29.4 Å². The van der Waals surface area contributed by atoms with Crippen molar-refractivity contribution in [3.63, 3.8) is 0 Å². The standard InChI is InChI=1S/C23H23FN6O2/c1-14-17-12-26-22(19-4-2-3-7-25-19)27-18(17)6-9-30(14)21-11-16(24)10-20(28-21)29-8-5-15(13-29)23(31)32/h2-4,7,10-12,14-15H,5-6,8-9,13H2,1H3,(H,31,32). The van der Waals surface area contributed by atoms with E-state index < -0.39 is 11.9 Å². The lowest BCUT2D eigenvalue weighted by molar-refractivity contribution is -0.140. The van der Waals surface area contributed by atoms with Gasteiger partial charge in [-0.1, -0.05) is 6.07 Å². The van der Waals surface area contributed by atoms with Crippen molar-refractivity contribution in [2.45, 2.75) is 25.8 Å². The van der Waals surface area contributed by atoms with Crippen LogP contribution in [-0.2, 0) is 11.2 Å². The molecule has 0 spiro atoms. The highest BCUT2D eigenvalue weighted by atomic mass is 19.1. The van der Waals surface area contributed by atoms with Crippen LogP contribution in [0.25, 0.3) is 11.5 Å². The summed E-state index contributed by atoms with van der Waals surface area (Å²) >= 11 is 0. The summed E-state index contributed by atoms with van der Waals surface area (Å²) in [6.45, 7) is 3.56. The predicted octanol–water partition coefficient (Wildman–Crippen LogP) is 3.11. The summed E-state index contributed by atoms with van der Waals surface area (Å²) in [5.41, 5.74) is 2.67. The van der Waals surface area contributed by atoms with Crippen molar-refractivity contribution in [3.05, 3.63) is 59.8 Å². The molecule has 32 heavy (non-hydrogen) atoms. The number of carboxylic acids is 1. The number of carboxylic acid groups (broad SMARTS) is 1. The molecular formula is C23H23FN6O2. The minimum atomic E-state index is -0.824. The minimum absolute atomic E-state index is 0.0796. The molecule has 0 saturated carbocycles. The maximum atomic E-state index is 14.5. The van der Waals surface area contributed by atoms with Crippen LogP contribution in [0.3, 0.4) is 0 Å². The van der Waals surface area contributed by atoms with E-state index in [4.69, 9.17) is 4.98 Å². The maximum Gasteiger partial charge on any atom is 0.308 e. The molecule has 2 aliphatic heterocycles. The number of nitrogens with zero attached hydrogens (tertiary/aromatic N) is 6. The van der Waals surface area contributed by atoms with Crippen molar-refractivity contribution in [3.8, 4) is 11.5 Å². The number of anilines is 2. The van der Waals surface area contributed by atoms with E-state index in [0.717, 1.165) is 17.0 Å². The summed E-state index contributed by atoms with van der Waals surface area (Å²) in [7, 11) is 0. The molecule has 8 nitrogen and oxygen atoms in total. The fraction of sp³-hybridized carbons (Fsp3) is 0.348. The maximum absolute atomic E-state index is 14.5. The Hall–Kier alpha value is -3.62. The normalized spacial score (nSPS) is 20.3. The van der Waals surface area contributed by atoms with E-state index in [1.807, 2.05) is 41.1 Å². The zero-order chi connectivity index (χ0) is 22.2. The van der Waals surface area contributed by atoms with Crippen molar-refractivity contribution >= 4 is 17.6 Å². The minimum Gasteiger partial charge on any atom is -0.481 e. The molecular weight excluding hydrogens is 411 g/mol. The Kier molecular flexibility index (Phi) is 5.16. The highest BCUT2D eigenvalue weighted by Crippen LogP contribution is 2.34. The molecule has 5 rings (SSSR count). The number of fused-ring (bicyclic) bond motifs is 1. The number of halogens is 1. The molecule has 3 aromatic rings. The van der Waals surface area contributed by atoms with Crippen LogP contribution in [0.1, 0.15) is 30.6 Å². The zero-order valence-corrected chi connectivity index (χ0v) is 17.6. The van der Waals surface area contributed by atoms with Crippen molar-refractivity contribution in [2.24, 2.45) is 5.92 Å². The summed E-state index contributed by atoms with van der Waals surface area (Å²) in [5.74, 6) is -0.0545. The highest BCUT2D eigenvalue weighted by Gasteiger charge is 2.31. The van der Waals surface area contributed by atoms with Gasteiger partial charge in [0.25, 0.3) is 0 Å². The predicted molar refractivity (Wildman–Crippen MR) is 117 cm³/mol. The van der Waals surface area contributed by atoms with Crippen LogP contribution in [0.2, 0.25) is 0 Å². The van der Waals surface area contributed by atoms with Crippen LogP contribution in [0.5, 0.6) is 0 Å². The van der Waals surface area contributed by atoms with E-state index in [2.05, 4.69) is 15.0 Å². The molecule has 1 saturated heterocycles. The lowest BCUT2D eigenvalue weighted by atomic mass is 9.99. The fourth-order valence-corrected chi connectivity index (χ4v) is 4.44. The average Bonchev–Trinajstić information content (AvgIpc) is 3.30. The van der Waals surface area contributed by atoms with Crippen LogP contribution in [-0.4, -0.2) is 50.6 Å². The SMILES string of the molecule is CC1c2cnc(-c3ccccn3)nc2CCN1c1cc(F)cc(N2CCC(C(=O)O)C2)n1. The van der Waals surface area contributed by atoms with Crippen molar-refractivity contribution in [1.29, 1.82) is 0 Å². The van der Waals surface area contributed by atoms with Crippen LogP contribution in [0.15, 0.2) is 42.7 Å². The summed E-state index contributed by atoms with van der Waals surface area (Å²) in [4.78, 5) is 33.4. The molecule has 0 aliphatic carbocycles. The Morgan fingerprint density at radius 1 is 1.16 bits per heavy atom. The molecule has 3 aromatic heterocycles. The van der Waals surface area contributed by atoms with Crippen LogP contribution in [0, 0.1) is 11.7 Å². The lowest BCUT2D eigenvalue weighted by Crippen LogP contribution is -2.36. The van der Waals surface area contributed by atoms with Crippen molar-refractivity contribution < 1.29 is 14.3 Å². The fourth-order valence-electron chi connectivity index (χ4n) is 4.44. The van der Waals surface area contributed by atoms with Crippen molar-refractivity contribution in [1.82, 2.24) is 19.9 Å². The van der Waals surface area contributed by atoms with Crippen LogP contribution < -0.4 is 9.80 Å². The van der Waals surface area contributed by atoms with Gasteiger partial charge in [-0.3, -0.25) is 9.78 Å². The van der Waals surface area contributed by atoms with E-state index in [1.165, 1.54) is 12.1 Å². The zero-order valence-electron chi connectivity index (χ0n) is 17.6. The molecule has 0 aromatic carbocycles. The van der Waals surface area contributed by atoms with E-state index in [0.29, 0.717) is 49.9 Å². The van der Waals surface area contributed by atoms with E-state index >= 15 is 0 Å². The largest absolute Gasteiger partial charge is 0.481 e. The second-order valence-corrected chi connectivity index (χ2v) is 8.20. The summed E-state index contributed by atoms with van der Waals surface area (Å²) in [6, 6.07) is 8.36. The van der Waals surface area contributed by atoms with Gasteiger partial charge in [0.1, 0.15) is 23.1 Å². The first-order valence-electron chi connectivity index (χ1n) is 10.7. The summed E-state index contributed by atoms with van der Waals surface area (Å²) in [5, 5.41) is 9.27. The van der Waals surface area contributed by atoms with Crippen LogP contribution in [0.4, 0.5) is 16.0 Å². The molecule has 5 heterocycles. The molecule has 1 fully saturated rings. The number of aliphatic carboxylic acids is 1. The lowest BCUT2D eigenvalue weighted by Gasteiger charge is -2.36. The first-order chi connectivity index (χ1) is 15.5. The Morgan fingerprint density at radius 2 is 2.00 bits per heavy atom. The quantitative estimate of drug-likeness (QED) is 0.669. The first kappa shape index (κ1) is 20.3. The van der Waals surface area contributed by atoms with Gasteiger partial charge in [-0.05, 0) is 25.5 Å². The monoisotopic (exact) mass is 434 g/mol. The third kappa shape index (κ3) is 3.74. The number of pyridine rings is 2. The average molecular weight is 434 g/mol. The van der Waals surface area contributed by atoms with Gasteiger partial charge in [0.05, 0.1) is 17.7 Å². The Balaban J connectivity index is 1.41. The van der Waals surface area contributed by atoms with Gasteiger partial charge < -0.3 is 14.9 Å². The molecule has 2 aliphatic rings. The third-order valence-corrected chi connectivity index (χ3v) is 6.22. The second kappa shape index (κ2) is 8.14. The molecule has 0 bridgehead atoms.